The lowest BCUT2D eigenvalue weighted by molar-refractivity contribution is 0.303. The Morgan fingerprint density at radius 1 is 0.852 bits per heavy atom. The maximum Gasteiger partial charge on any atom is 0.179 e. The van der Waals surface area contributed by atoms with Gasteiger partial charge in [-0.1, -0.05) is 56.3 Å². The lowest BCUT2D eigenvalue weighted by atomic mass is 9.66. The summed E-state index contributed by atoms with van der Waals surface area (Å²) in [6, 6.07) is 17.0. The topological polar surface area (TPSA) is 38.1 Å². The molecule has 1 saturated carbocycles. The lowest BCUT2D eigenvalue weighted by Gasteiger charge is -2.44. The van der Waals surface area contributed by atoms with Gasteiger partial charge >= 0.3 is 0 Å². The molecule has 27 heavy (non-hydrogen) atoms. The molecule has 2 heterocycles. The van der Waals surface area contributed by atoms with Gasteiger partial charge in [-0.15, -0.1) is 0 Å². The summed E-state index contributed by atoms with van der Waals surface area (Å²) in [4.78, 5) is 15.2. The van der Waals surface area contributed by atoms with E-state index in [1.54, 1.807) is 0 Å². The minimum atomic E-state index is -0.231. The molecule has 3 heteroatoms. The maximum absolute atomic E-state index is 5.20. The molecule has 0 amide bonds. The fourth-order valence-electron chi connectivity index (χ4n) is 4.09. The van der Waals surface area contributed by atoms with Crippen LogP contribution in [0.25, 0.3) is 10.9 Å². The first-order valence-corrected chi connectivity index (χ1v) is 9.85. The monoisotopic (exact) mass is 355 g/mol. The molecular weight excluding hydrogens is 330 g/mol. The molecule has 1 fully saturated rings. The third kappa shape index (κ3) is 2.44. The van der Waals surface area contributed by atoms with Crippen LogP contribution < -0.4 is 0 Å². The van der Waals surface area contributed by atoms with Crippen LogP contribution in [0.3, 0.4) is 0 Å². The van der Waals surface area contributed by atoms with E-state index in [0.717, 1.165) is 17.1 Å². The van der Waals surface area contributed by atoms with Crippen LogP contribution >= 0.6 is 0 Å². The van der Waals surface area contributed by atoms with Crippen LogP contribution in [0, 0.1) is 0 Å². The van der Waals surface area contributed by atoms with Crippen LogP contribution in [0.15, 0.2) is 53.5 Å². The molecule has 0 bridgehead atoms. The van der Waals surface area contributed by atoms with Crippen molar-refractivity contribution < 1.29 is 0 Å². The second kappa shape index (κ2) is 5.48. The molecule has 1 aliphatic heterocycles. The van der Waals surface area contributed by atoms with E-state index < -0.39 is 0 Å². The number of benzene rings is 2. The van der Waals surface area contributed by atoms with Crippen LogP contribution in [0.4, 0.5) is 0 Å². The van der Waals surface area contributed by atoms with Crippen molar-refractivity contribution in [2.24, 2.45) is 4.99 Å². The van der Waals surface area contributed by atoms with Crippen LogP contribution in [-0.2, 0) is 5.41 Å². The number of rotatable bonds is 2. The number of fused-ring (bicyclic) bond motifs is 2. The zero-order valence-corrected chi connectivity index (χ0v) is 16.5. The Hall–Kier alpha value is -2.55. The largest absolute Gasteiger partial charge is 0.274 e. The minimum absolute atomic E-state index is 0.0523. The van der Waals surface area contributed by atoms with Crippen molar-refractivity contribution in [2.75, 3.05) is 0 Å². The third-order valence-corrected chi connectivity index (χ3v) is 6.58. The van der Waals surface area contributed by atoms with Crippen molar-refractivity contribution in [3.05, 3.63) is 71.2 Å². The van der Waals surface area contributed by atoms with Crippen molar-refractivity contribution in [3.8, 4) is 0 Å². The van der Waals surface area contributed by atoms with Crippen molar-refractivity contribution in [1.82, 2.24) is 9.97 Å². The van der Waals surface area contributed by atoms with E-state index in [0.29, 0.717) is 5.92 Å². The maximum atomic E-state index is 5.20. The van der Waals surface area contributed by atoms with E-state index in [4.69, 9.17) is 15.0 Å². The van der Waals surface area contributed by atoms with E-state index in [1.165, 1.54) is 35.0 Å². The second-order valence-electron chi connectivity index (χ2n) is 8.91. The summed E-state index contributed by atoms with van der Waals surface area (Å²) >= 11 is 0. The summed E-state index contributed by atoms with van der Waals surface area (Å²) in [5.74, 6) is 1.34. The molecule has 0 spiro atoms. The third-order valence-electron chi connectivity index (χ3n) is 6.58. The van der Waals surface area contributed by atoms with Gasteiger partial charge in [-0.3, -0.25) is 4.99 Å². The van der Waals surface area contributed by atoms with E-state index in [9.17, 15) is 0 Å². The summed E-state index contributed by atoms with van der Waals surface area (Å²) in [5, 5.41) is 1.19. The number of para-hydroxylation sites is 1. The average Bonchev–Trinajstić information content (AvgIpc) is 3.49. The molecule has 5 rings (SSSR count). The molecule has 3 nitrogen and oxygen atoms in total. The van der Waals surface area contributed by atoms with Gasteiger partial charge in [0.2, 0.25) is 0 Å². The highest BCUT2D eigenvalue weighted by Crippen LogP contribution is 2.45. The number of hydrogen-bond donors (Lipinski definition) is 0. The Balaban J connectivity index is 1.78. The Kier molecular flexibility index (Phi) is 3.37. The molecule has 3 aromatic rings. The Bertz CT molecular complexity index is 1090. The Labute approximate surface area is 160 Å². The van der Waals surface area contributed by atoms with Gasteiger partial charge in [0.15, 0.2) is 5.82 Å². The van der Waals surface area contributed by atoms with Gasteiger partial charge in [0.05, 0.1) is 16.7 Å². The van der Waals surface area contributed by atoms with Gasteiger partial charge in [0.1, 0.15) is 5.71 Å². The van der Waals surface area contributed by atoms with Gasteiger partial charge < -0.3 is 0 Å². The average molecular weight is 355 g/mol. The number of aliphatic imine (C=N–C) groups is 1. The zero-order valence-electron chi connectivity index (χ0n) is 16.5. The zero-order chi connectivity index (χ0) is 18.8. The minimum Gasteiger partial charge on any atom is -0.274 e. The summed E-state index contributed by atoms with van der Waals surface area (Å²) in [6.45, 7) is 8.99. The molecule has 2 aromatic carbocycles. The van der Waals surface area contributed by atoms with E-state index >= 15 is 0 Å². The SMILES string of the molecule is CC1(C)N=C(c2nc(C3CC3)c3ccccc3n2)c2ccccc2C1(C)C. The molecule has 0 saturated heterocycles. The molecule has 2 aliphatic rings. The molecule has 0 N–H and O–H groups in total. The molecule has 0 radical (unpaired) electrons. The Morgan fingerprint density at radius 2 is 1.56 bits per heavy atom. The van der Waals surface area contributed by atoms with E-state index in [-0.39, 0.29) is 11.0 Å². The summed E-state index contributed by atoms with van der Waals surface area (Å²) in [6.07, 6.45) is 2.45. The first-order valence-electron chi connectivity index (χ1n) is 9.85. The number of aromatic nitrogens is 2. The molecule has 136 valence electrons. The van der Waals surface area contributed by atoms with Crippen LogP contribution in [0.5, 0.6) is 0 Å². The number of nitrogens with zero attached hydrogens (tertiary/aromatic N) is 3. The predicted octanol–water partition coefficient (Wildman–Crippen LogP) is 5.41. The van der Waals surface area contributed by atoms with Crippen molar-refractivity contribution >= 4 is 16.6 Å². The molecular formula is C24H25N3. The van der Waals surface area contributed by atoms with Gasteiger partial charge in [-0.05, 0) is 38.3 Å². The van der Waals surface area contributed by atoms with Gasteiger partial charge in [-0.25, -0.2) is 9.97 Å². The highest BCUT2D eigenvalue weighted by atomic mass is 15.0. The van der Waals surface area contributed by atoms with Crippen LogP contribution in [0.2, 0.25) is 0 Å². The van der Waals surface area contributed by atoms with E-state index in [1.807, 2.05) is 0 Å². The molecule has 0 unspecified atom stereocenters. The van der Waals surface area contributed by atoms with Crippen LogP contribution in [-0.4, -0.2) is 21.2 Å². The van der Waals surface area contributed by atoms with Crippen LogP contribution in [0.1, 0.15) is 69.1 Å². The molecule has 0 atom stereocenters. The standard InChI is InChI=1S/C24H25N3/c1-23(2)18-11-7-5-9-16(18)21(27-24(23,3)4)22-25-19-12-8-6-10-17(19)20(26-22)15-13-14-15/h5-12,15H,13-14H2,1-4H3. The Morgan fingerprint density at radius 3 is 2.33 bits per heavy atom. The molecule has 1 aromatic heterocycles. The fourth-order valence-corrected chi connectivity index (χ4v) is 4.09. The fraction of sp³-hybridized carbons (Fsp3) is 0.375. The highest BCUT2D eigenvalue weighted by molar-refractivity contribution is 6.13. The van der Waals surface area contributed by atoms with Crippen molar-refractivity contribution in [3.63, 3.8) is 0 Å². The second-order valence-corrected chi connectivity index (χ2v) is 8.91. The predicted molar refractivity (Wildman–Crippen MR) is 111 cm³/mol. The normalized spacial score (nSPS) is 20.2. The van der Waals surface area contributed by atoms with E-state index in [2.05, 4.69) is 76.2 Å². The first kappa shape index (κ1) is 16.6. The van der Waals surface area contributed by atoms with Crippen molar-refractivity contribution in [1.29, 1.82) is 0 Å². The lowest BCUT2D eigenvalue weighted by Crippen LogP contribution is -2.46. The van der Waals surface area contributed by atoms with Gasteiger partial charge in [-0.2, -0.15) is 0 Å². The summed E-state index contributed by atoms with van der Waals surface area (Å²) < 4.78 is 0. The smallest absolute Gasteiger partial charge is 0.179 e. The van der Waals surface area contributed by atoms with Crippen molar-refractivity contribution in [2.45, 2.75) is 57.4 Å². The summed E-state index contributed by atoms with van der Waals surface area (Å²) in [5.41, 5.74) is 5.35. The highest BCUT2D eigenvalue weighted by Gasteiger charge is 2.44. The van der Waals surface area contributed by atoms with Gasteiger partial charge in [0.25, 0.3) is 0 Å². The first-order chi connectivity index (χ1) is 12.9. The molecule has 1 aliphatic carbocycles. The quantitative estimate of drug-likeness (QED) is 0.616. The number of hydrogen-bond acceptors (Lipinski definition) is 3. The van der Waals surface area contributed by atoms with Gasteiger partial charge in [0, 0.05) is 22.3 Å². The summed E-state index contributed by atoms with van der Waals surface area (Å²) in [7, 11) is 0.